The highest BCUT2D eigenvalue weighted by atomic mass is 35.5. The molecule has 1 aliphatic heterocycles. The van der Waals surface area contributed by atoms with Crippen molar-refractivity contribution in [2.75, 3.05) is 0 Å². The number of hydrogen-bond donors (Lipinski definition) is 1. The van der Waals surface area contributed by atoms with Gasteiger partial charge in [0.1, 0.15) is 5.69 Å². The smallest absolute Gasteiger partial charge is 0.390 e. The van der Waals surface area contributed by atoms with Crippen LogP contribution < -0.4 is 0 Å². The molecule has 0 amide bonds. The van der Waals surface area contributed by atoms with Crippen LogP contribution in [0.25, 0.3) is 11.3 Å². The van der Waals surface area contributed by atoms with Gasteiger partial charge in [-0.05, 0) is 44.6 Å². The maximum Gasteiger partial charge on any atom is 0.411 e. The highest BCUT2D eigenvalue weighted by Crippen LogP contribution is 2.52. The molecule has 2 aliphatic carbocycles. The third-order valence-corrected chi connectivity index (χ3v) is 6.55. The monoisotopic (exact) mass is 439 g/mol. The van der Waals surface area contributed by atoms with Crippen LogP contribution in [0.15, 0.2) is 33.9 Å². The Bertz CT molecular complexity index is 992. The number of alkyl halides is 3. The molecule has 0 saturated heterocycles. The zero-order valence-corrected chi connectivity index (χ0v) is 17.0. The number of aromatic nitrogens is 1. The van der Waals surface area contributed by atoms with Gasteiger partial charge in [0.15, 0.2) is 11.8 Å². The summed E-state index contributed by atoms with van der Waals surface area (Å²) in [5.41, 5.74) is 0.923. The molecule has 0 radical (unpaired) electrons. The van der Waals surface area contributed by atoms with Crippen molar-refractivity contribution in [1.82, 2.24) is 10.2 Å². The van der Waals surface area contributed by atoms with E-state index in [1.165, 1.54) is 6.21 Å². The number of nitrogens with zero attached hydrogens (tertiary/aromatic N) is 3. The van der Waals surface area contributed by atoms with Crippen LogP contribution in [-0.2, 0) is 0 Å². The van der Waals surface area contributed by atoms with Crippen molar-refractivity contribution in [3.63, 3.8) is 0 Å². The predicted octanol–water partition coefficient (Wildman–Crippen LogP) is 5.10. The molecule has 2 aromatic rings. The fourth-order valence-corrected chi connectivity index (χ4v) is 4.88. The Morgan fingerprint density at radius 1 is 1.23 bits per heavy atom. The lowest BCUT2D eigenvalue weighted by atomic mass is 9.76. The van der Waals surface area contributed by atoms with E-state index in [1.807, 2.05) is 6.07 Å². The number of hydrazone groups is 1. The summed E-state index contributed by atoms with van der Waals surface area (Å²) < 4.78 is 48.0. The Morgan fingerprint density at radius 2 is 1.93 bits per heavy atom. The molecule has 3 aliphatic rings. The van der Waals surface area contributed by atoms with Crippen LogP contribution in [0, 0.1) is 0 Å². The molecular formula is C21H21ClF3N3O2. The summed E-state index contributed by atoms with van der Waals surface area (Å²) in [6, 6.07) is 4.82. The Morgan fingerprint density at radius 3 is 2.53 bits per heavy atom. The third kappa shape index (κ3) is 3.30. The molecule has 1 aromatic carbocycles. The lowest BCUT2D eigenvalue weighted by Crippen LogP contribution is -2.57. The van der Waals surface area contributed by atoms with E-state index in [1.54, 1.807) is 25.1 Å². The predicted molar refractivity (Wildman–Crippen MR) is 105 cm³/mol. The second-order valence-corrected chi connectivity index (χ2v) is 9.19. The minimum Gasteiger partial charge on any atom is -0.390 e. The molecule has 2 fully saturated rings. The number of rotatable bonds is 4. The molecule has 0 spiro atoms. The molecule has 1 aromatic heterocycles. The molecule has 0 bridgehead atoms. The van der Waals surface area contributed by atoms with Crippen LogP contribution in [0.4, 0.5) is 13.2 Å². The first kappa shape index (κ1) is 19.9. The van der Waals surface area contributed by atoms with Gasteiger partial charge in [0.05, 0.1) is 22.6 Å². The van der Waals surface area contributed by atoms with Gasteiger partial charge in [-0.3, -0.25) is 5.01 Å². The van der Waals surface area contributed by atoms with Gasteiger partial charge in [-0.25, -0.2) is 0 Å². The van der Waals surface area contributed by atoms with E-state index < -0.39 is 29.8 Å². The molecule has 5 nitrogen and oxygen atoms in total. The molecular weight excluding hydrogens is 419 g/mol. The second kappa shape index (κ2) is 6.72. The van der Waals surface area contributed by atoms with E-state index in [9.17, 15) is 18.3 Å². The fraction of sp³-hybridized carbons (Fsp3) is 0.524. The Hall–Kier alpha value is -2.06. The molecule has 2 atom stereocenters. The molecule has 1 N–H and O–H groups in total. The highest BCUT2D eigenvalue weighted by Gasteiger charge is 2.58. The van der Waals surface area contributed by atoms with E-state index in [2.05, 4.69) is 10.3 Å². The van der Waals surface area contributed by atoms with E-state index in [0.29, 0.717) is 21.8 Å². The zero-order chi connectivity index (χ0) is 21.3. The first-order valence-corrected chi connectivity index (χ1v) is 10.4. The van der Waals surface area contributed by atoms with E-state index >= 15 is 0 Å². The zero-order valence-electron chi connectivity index (χ0n) is 16.2. The molecule has 5 rings (SSSR count). The van der Waals surface area contributed by atoms with Gasteiger partial charge >= 0.3 is 6.18 Å². The van der Waals surface area contributed by atoms with E-state index in [-0.39, 0.29) is 24.5 Å². The lowest BCUT2D eigenvalue weighted by Gasteiger charge is -2.47. The lowest BCUT2D eigenvalue weighted by molar-refractivity contribution is -0.203. The average Bonchev–Trinajstić information content (AvgIpc) is 3.23. The summed E-state index contributed by atoms with van der Waals surface area (Å²) in [6.07, 6.45) is -0.946. The van der Waals surface area contributed by atoms with Crippen molar-refractivity contribution < 1.29 is 22.8 Å². The summed E-state index contributed by atoms with van der Waals surface area (Å²) in [4.78, 5) is 0. The minimum atomic E-state index is -4.51. The standard InChI is InChI=1S/C21H21ClF3N3O2/c1-20(29)8-12(9-20)28-19(21(23,24)25)14(10-26-28)18-16(11-6-7-11)17(27-30-18)13-4-2-3-5-15(13)22/h2-5,10-12,14,19,29H,6-9H2,1H3. The largest absolute Gasteiger partial charge is 0.411 e. The Labute approximate surface area is 176 Å². The second-order valence-electron chi connectivity index (χ2n) is 8.78. The van der Waals surface area contributed by atoms with Crippen molar-refractivity contribution in [3.8, 4) is 11.3 Å². The summed E-state index contributed by atoms with van der Waals surface area (Å²) in [6.45, 7) is 1.63. The van der Waals surface area contributed by atoms with Gasteiger partial charge in [-0.2, -0.15) is 18.3 Å². The summed E-state index contributed by atoms with van der Waals surface area (Å²) in [5.74, 6) is -0.764. The van der Waals surface area contributed by atoms with Crippen molar-refractivity contribution in [2.24, 2.45) is 5.10 Å². The van der Waals surface area contributed by atoms with Crippen LogP contribution in [-0.4, -0.2) is 45.3 Å². The Kier molecular flexibility index (Phi) is 4.45. The first-order valence-electron chi connectivity index (χ1n) is 10.0. The molecule has 160 valence electrons. The maximum atomic E-state index is 14.1. The molecule has 2 unspecified atom stereocenters. The van der Waals surface area contributed by atoms with Crippen molar-refractivity contribution in [3.05, 3.63) is 40.6 Å². The van der Waals surface area contributed by atoms with Gasteiger partial charge in [0, 0.05) is 17.3 Å². The summed E-state index contributed by atoms with van der Waals surface area (Å²) >= 11 is 6.32. The SMILES string of the molecule is CC1(O)CC(N2N=CC(c3onc(-c4ccccc4Cl)c3C3CC3)C2C(F)(F)F)C1. The van der Waals surface area contributed by atoms with Gasteiger partial charge < -0.3 is 9.63 Å². The van der Waals surface area contributed by atoms with Crippen LogP contribution in [0.3, 0.4) is 0 Å². The van der Waals surface area contributed by atoms with Crippen LogP contribution in [0.5, 0.6) is 0 Å². The van der Waals surface area contributed by atoms with Gasteiger partial charge in [-0.15, -0.1) is 0 Å². The molecule has 2 heterocycles. The average molecular weight is 440 g/mol. The van der Waals surface area contributed by atoms with Crippen molar-refractivity contribution in [2.45, 2.75) is 68.3 Å². The van der Waals surface area contributed by atoms with Gasteiger partial charge in [0.25, 0.3) is 0 Å². The quantitative estimate of drug-likeness (QED) is 0.719. The van der Waals surface area contributed by atoms with Crippen LogP contribution >= 0.6 is 11.6 Å². The van der Waals surface area contributed by atoms with Crippen molar-refractivity contribution in [1.29, 1.82) is 0 Å². The number of halogens is 4. The Balaban J connectivity index is 1.54. The van der Waals surface area contributed by atoms with Gasteiger partial charge in [0.2, 0.25) is 0 Å². The number of benzene rings is 1. The van der Waals surface area contributed by atoms with Crippen LogP contribution in [0.1, 0.15) is 55.8 Å². The molecule has 9 heteroatoms. The van der Waals surface area contributed by atoms with Crippen LogP contribution in [0.2, 0.25) is 5.02 Å². The normalized spacial score (nSPS) is 31.3. The number of hydrogen-bond acceptors (Lipinski definition) is 5. The molecule has 30 heavy (non-hydrogen) atoms. The summed E-state index contributed by atoms with van der Waals surface area (Å²) in [7, 11) is 0. The van der Waals surface area contributed by atoms with E-state index in [0.717, 1.165) is 17.9 Å². The van der Waals surface area contributed by atoms with Gasteiger partial charge in [-0.1, -0.05) is 35.0 Å². The highest BCUT2D eigenvalue weighted by molar-refractivity contribution is 6.33. The van der Waals surface area contributed by atoms with E-state index in [4.69, 9.17) is 16.1 Å². The van der Waals surface area contributed by atoms with Crippen molar-refractivity contribution >= 4 is 17.8 Å². The fourth-order valence-electron chi connectivity index (χ4n) is 4.66. The first-order chi connectivity index (χ1) is 14.2. The number of aliphatic hydroxyl groups is 1. The topological polar surface area (TPSA) is 61.9 Å². The maximum absolute atomic E-state index is 14.1. The third-order valence-electron chi connectivity index (χ3n) is 6.22. The molecule has 2 saturated carbocycles. The minimum absolute atomic E-state index is 0.110. The summed E-state index contributed by atoms with van der Waals surface area (Å²) in [5, 5.41) is 19.8.